The summed E-state index contributed by atoms with van der Waals surface area (Å²) in [5.41, 5.74) is 4.05. The minimum atomic E-state index is -0.263. The molecule has 2 aromatic rings. The number of aryl methyl sites for hydroxylation is 1. The number of likely N-dealkylation sites (N-methyl/N-ethyl adjacent to an activating group) is 2. The van der Waals surface area contributed by atoms with Gasteiger partial charge in [-0.3, -0.25) is 0 Å². The molecule has 1 atom stereocenters. The van der Waals surface area contributed by atoms with Crippen LogP contribution >= 0.6 is 11.9 Å². The van der Waals surface area contributed by atoms with Crippen molar-refractivity contribution < 1.29 is 4.48 Å². The molecule has 1 N–H and O–H groups in total. The topological polar surface area (TPSA) is 52.4 Å². The predicted molar refractivity (Wildman–Crippen MR) is 124 cm³/mol. The van der Waals surface area contributed by atoms with Gasteiger partial charge in [-0.25, -0.2) is 4.99 Å². The predicted octanol–water partition coefficient (Wildman–Crippen LogP) is 4.59. The van der Waals surface area contributed by atoms with Crippen LogP contribution < -0.4 is 9.62 Å². The van der Waals surface area contributed by atoms with Crippen LogP contribution in [0.1, 0.15) is 18.1 Å². The second-order valence-electron chi connectivity index (χ2n) is 8.17. The van der Waals surface area contributed by atoms with Crippen molar-refractivity contribution in [3.05, 3.63) is 59.7 Å². The zero-order valence-corrected chi connectivity index (χ0v) is 18.8. The molecule has 0 spiro atoms. The van der Waals surface area contributed by atoms with Crippen LogP contribution in [-0.4, -0.2) is 56.6 Å². The molecule has 7 heteroatoms. The summed E-state index contributed by atoms with van der Waals surface area (Å²) in [6.45, 7) is 7.40. The van der Waals surface area contributed by atoms with Gasteiger partial charge in [0, 0.05) is 29.7 Å². The second-order valence-corrected chi connectivity index (χ2v) is 9.03. The lowest BCUT2D eigenvalue weighted by atomic mass is 10.1. The van der Waals surface area contributed by atoms with Gasteiger partial charge in [0.05, 0.1) is 39.9 Å². The van der Waals surface area contributed by atoms with E-state index in [1.165, 1.54) is 17.6 Å². The van der Waals surface area contributed by atoms with E-state index in [0.717, 1.165) is 46.8 Å². The van der Waals surface area contributed by atoms with Crippen molar-refractivity contribution in [1.29, 1.82) is 0 Å². The second kappa shape index (κ2) is 9.41. The molecule has 0 saturated carbocycles. The highest BCUT2D eigenvalue weighted by atomic mass is 32.2. The standard InChI is InChI=1S/C22H31N6S/c1-6-27(14-15-28(3,4)5)19-12-13-20(17(2)16-19)24-25-22-23-21(26-29-22)18-10-8-7-9-11-18/h7-13,16,22H,6,14-15H2,1-5H3,(H,23,26)/q+1. The van der Waals surface area contributed by atoms with Crippen molar-refractivity contribution in [3.8, 4) is 0 Å². The Morgan fingerprint density at radius 3 is 2.55 bits per heavy atom. The van der Waals surface area contributed by atoms with Gasteiger partial charge in [-0.05, 0) is 37.6 Å². The molecule has 0 saturated heterocycles. The van der Waals surface area contributed by atoms with Crippen molar-refractivity contribution in [3.63, 3.8) is 0 Å². The van der Waals surface area contributed by atoms with Crippen molar-refractivity contribution in [2.24, 2.45) is 15.2 Å². The molecule has 1 heterocycles. The molecule has 29 heavy (non-hydrogen) atoms. The lowest BCUT2D eigenvalue weighted by Crippen LogP contribution is -2.42. The molecule has 0 amide bonds. The molecule has 0 aliphatic carbocycles. The van der Waals surface area contributed by atoms with E-state index in [4.69, 9.17) is 0 Å². The largest absolute Gasteiger partial charge is 0.366 e. The summed E-state index contributed by atoms with van der Waals surface area (Å²) in [5, 5.41) is 8.88. The number of nitrogens with zero attached hydrogens (tertiary/aromatic N) is 5. The fourth-order valence-corrected chi connectivity index (χ4v) is 3.64. The van der Waals surface area contributed by atoms with Gasteiger partial charge >= 0.3 is 0 Å². The number of hydrogen-bond acceptors (Lipinski definition) is 6. The van der Waals surface area contributed by atoms with Gasteiger partial charge in [0.2, 0.25) is 5.50 Å². The Hall–Kier alpha value is -2.38. The Morgan fingerprint density at radius 1 is 1.14 bits per heavy atom. The maximum Gasteiger partial charge on any atom is 0.227 e. The number of azo groups is 1. The third kappa shape index (κ3) is 6.05. The maximum atomic E-state index is 4.61. The highest BCUT2D eigenvalue weighted by molar-refractivity contribution is 7.98. The average molecular weight is 412 g/mol. The Kier molecular flexibility index (Phi) is 6.92. The zero-order chi connectivity index (χ0) is 20.9. The fourth-order valence-electron chi connectivity index (χ4n) is 3.00. The third-order valence-corrected chi connectivity index (χ3v) is 5.50. The Balaban J connectivity index is 1.67. The van der Waals surface area contributed by atoms with Crippen molar-refractivity contribution in [2.75, 3.05) is 45.7 Å². The molecule has 0 radical (unpaired) electrons. The smallest absolute Gasteiger partial charge is 0.227 e. The first-order valence-corrected chi connectivity index (χ1v) is 10.9. The van der Waals surface area contributed by atoms with Crippen LogP contribution in [0.5, 0.6) is 0 Å². The van der Waals surface area contributed by atoms with Crippen LogP contribution in [0.3, 0.4) is 0 Å². The summed E-state index contributed by atoms with van der Waals surface area (Å²) in [4.78, 5) is 7.01. The first kappa shape index (κ1) is 21.3. The SMILES string of the molecule is CCN(CC[N+](C)(C)C)c1ccc(N=NC2N=C(c3ccccc3)NS2)c(C)c1. The van der Waals surface area contributed by atoms with E-state index in [1.54, 1.807) is 0 Å². The van der Waals surface area contributed by atoms with Gasteiger partial charge in [-0.1, -0.05) is 30.3 Å². The van der Waals surface area contributed by atoms with Crippen molar-refractivity contribution in [2.45, 2.75) is 19.3 Å². The van der Waals surface area contributed by atoms with Crippen LogP contribution in [0.2, 0.25) is 0 Å². The summed E-state index contributed by atoms with van der Waals surface area (Å²) in [6.07, 6.45) is 0. The summed E-state index contributed by atoms with van der Waals surface area (Å²) in [6, 6.07) is 16.5. The first-order chi connectivity index (χ1) is 13.9. The van der Waals surface area contributed by atoms with Gasteiger partial charge in [0.25, 0.3) is 0 Å². The monoisotopic (exact) mass is 411 g/mol. The van der Waals surface area contributed by atoms with Crippen molar-refractivity contribution >= 4 is 29.2 Å². The molecule has 6 nitrogen and oxygen atoms in total. The number of benzene rings is 2. The molecular weight excluding hydrogens is 380 g/mol. The summed E-state index contributed by atoms with van der Waals surface area (Å²) in [7, 11) is 6.68. The zero-order valence-electron chi connectivity index (χ0n) is 18.0. The number of quaternary nitrogens is 1. The Labute approximate surface area is 178 Å². The van der Waals surface area contributed by atoms with Crippen LogP contribution in [0.25, 0.3) is 0 Å². The normalized spacial score (nSPS) is 16.7. The van der Waals surface area contributed by atoms with Crippen LogP contribution in [0.4, 0.5) is 11.4 Å². The molecule has 0 fully saturated rings. The van der Waals surface area contributed by atoms with E-state index in [1.807, 2.05) is 30.3 Å². The molecule has 2 aromatic carbocycles. The van der Waals surface area contributed by atoms with E-state index in [0.29, 0.717) is 0 Å². The molecule has 154 valence electrons. The summed E-state index contributed by atoms with van der Waals surface area (Å²) >= 11 is 1.47. The number of amidine groups is 1. The highest BCUT2D eigenvalue weighted by Gasteiger charge is 2.18. The lowest BCUT2D eigenvalue weighted by molar-refractivity contribution is -0.868. The van der Waals surface area contributed by atoms with Gasteiger partial charge in [0.1, 0.15) is 5.84 Å². The van der Waals surface area contributed by atoms with Gasteiger partial charge < -0.3 is 14.1 Å². The number of hydrogen-bond donors (Lipinski definition) is 1. The summed E-state index contributed by atoms with van der Waals surface area (Å²) in [5.74, 6) is 0.849. The molecule has 1 aliphatic rings. The Bertz CT molecular complexity index is 873. The number of anilines is 1. The number of nitrogens with one attached hydrogen (secondary N) is 1. The molecular formula is C22H31N6S+. The minimum Gasteiger partial charge on any atom is -0.366 e. The highest BCUT2D eigenvalue weighted by Crippen LogP contribution is 2.27. The van der Waals surface area contributed by atoms with Crippen LogP contribution in [-0.2, 0) is 0 Å². The number of aliphatic imine (C=N–C) groups is 1. The van der Waals surface area contributed by atoms with Crippen molar-refractivity contribution in [1.82, 2.24) is 4.72 Å². The minimum absolute atomic E-state index is 0.263. The number of rotatable bonds is 8. The van der Waals surface area contributed by atoms with Gasteiger partial charge in [0.15, 0.2) is 0 Å². The molecule has 3 rings (SSSR count). The molecule has 1 unspecified atom stereocenters. The molecule has 1 aliphatic heterocycles. The first-order valence-electron chi connectivity index (χ1n) is 9.97. The van der Waals surface area contributed by atoms with E-state index in [-0.39, 0.29) is 5.50 Å². The molecule has 0 aromatic heterocycles. The van der Waals surface area contributed by atoms with E-state index in [9.17, 15) is 0 Å². The van der Waals surface area contributed by atoms with Crippen LogP contribution in [0.15, 0.2) is 63.8 Å². The van der Waals surface area contributed by atoms with E-state index >= 15 is 0 Å². The fraction of sp³-hybridized carbons (Fsp3) is 0.409. The quantitative estimate of drug-likeness (QED) is 0.393. The Morgan fingerprint density at radius 2 is 1.90 bits per heavy atom. The van der Waals surface area contributed by atoms with E-state index < -0.39 is 0 Å². The molecule has 0 bridgehead atoms. The van der Waals surface area contributed by atoms with Gasteiger partial charge in [-0.2, -0.15) is 5.11 Å². The van der Waals surface area contributed by atoms with Crippen LogP contribution in [0, 0.1) is 6.92 Å². The van der Waals surface area contributed by atoms with E-state index in [2.05, 4.69) is 78.0 Å². The third-order valence-electron chi connectivity index (χ3n) is 4.78. The average Bonchev–Trinajstić information content (AvgIpc) is 3.17. The maximum absolute atomic E-state index is 4.61. The lowest BCUT2D eigenvalue weighted by Gasteiger charge is -2.29. The summed E-state index contributed by atoms with van der Waals surface area (Å²) < 4.78 is 4.20. The van der Waals surface area contributed by atoms with Gasteiger partial charge in [-0.15, -0.1) is 5.11 Å².